The molecule has 1 aliphatic heterocycles. The van der Waals surface area contributed by atoms with Crippen molar-refractivity contribution in [2.24, 2.45) is 5.92 Å². The Kier molecular flexibility index (Phi) is 24.7. The molecule has 3 aliphatic rings. The van der Waals surface area contributed by atoms with E-state index in [9.17, 15) is 8.42 Å². The molecule has 3 atom stereocenters. The number of hydrogen-bond acceptors (Lipinski definition) is 5. The molecule has 0 spiro atoms. The first-order valence-corrected chi connectivity index (χ1v) is 32.0. The first-order chi connectivity index (χ1) is 33.3. The van der Waals surface area contributed by atoms with Crippen LogP contribution in [0.5, 0.6) is 0 Å². The third-order valence-corrected chi connectivity index (χ3v) is 18.3. The Morgan fingerprint density at radius 3 is 1.82 bits per heavy atom. The molecule has 372 valence electrons. The molecule has 0 saturated carbocycles. The SMILES string of the molecule is CCCCCCCC=CCCCCCCCN1C(=CC2=CC3=CC(=Cc4sc5ccc(S(C)=O)cc5[n+]4CCCCCCCC=CCCCCCCC)CCC3CC2)Sc2ccc(S(C)=O)cc21. The summed E-state index contributed by atoms with van der Waals surface area (Å²) in [4.78, 5) is 5.63. The summed E-state index contributed by atoms with van der Waals surface area (Å²) in [5, 5.41) is 2.63. The standard InChI is InChI=1S/C60H87N2O2S4/c1-5-7-9-11-13-15-17-19-21-23-25-27-29-31-41-61-55-47-53(67(3)63)37-39-57(55)65-59(61)45-49-33-35-51-36-34-50(44-52(51)43-49)46-60-62(56-48-54(68(4)64)38-40-58(56)66-60)42-32-30-28-26-24-22-20-18-16-14-12-10-8-6-2/h17-20,37-40,43-48,51H,5-16,21-36,41-42H2,1-4H3/q+1. The van der Waals surface area contributed by atoms with E-state index in [0.29, 0.717) is 5.92 Å². The minimum atomic E-state index is -1.01. The van der Waals surface area contributed by atoms with Crippen molar-refractivity contribution in [2.45, 2.75) is 215 Å². The van der Waals surface area contributed by atoms with E-state index < -0.39 is 21.6 Å². The third-order valence-electron chi connectivity index (χ3n) is 14.2. The molecule has 0 fully saturated rings. The Hall–Kier alpha value is -2.78. The topological polar surface area (TPSA) is 41.3 Å². The zero-order chi connectivity index (χ0) is 47.8. The van der Waals surface area contributed by atoms with Crippen LogP contribution in [-0.4, -0.2) is 27.5 Å². The van der Waals surface area contributed by atoms with Crippen molar-refractivity contribution in [3.63, 3.8) is 0 Å². The predicted molar refractivity (Wildman–Crippen MR) is 301 cm³/mol. The number of rotatable bonds is 32. The van der Waals surface area contributed by atoms with Gasteiger partial charge in [0.25, 0.3) is 5.01 Å². The summed E-state index contributed by atoms with van der Waals surface area (Å²) in [7, 11) is -2.02. The van der Waals surface area contributed by atoms with Gasteiger partial charge in [-0.3, -0.25) is 8.42 Å². The highest BCUT2D eigenvalue weighted by atomic mass is 32.2. The van der Waals surface area contributed by atoms with Crippen molar-refractivity contribution in [1.29, 1.82) is 0 Å². The Balaban J connectivity index is 1.07. The van der Waals surface area contributed by atoms with E-state index >= 15 is 0 Å². The van der Waals surface area contributed by atoms with E-state index in [-0.39, 0.29) is 0 Å². The van der Waals surface area contributed by atoms with Gasteiger partial charge in [-0.25, -0.2) is 0 Å². The second kappa shape index (κ2) is 30.8. The van der Waals surface area contributed by atoms with E-state index in [1.54, 1.807) is 12.5 Å². The smallest absolute Gasteiger partial charge is 0.263 e. The molecule has 3 unspecified atom stereocenters. The Morgan fingerprint density at radius 1 is 0.632 bits per heavy atom. The normalized spacial score (nSPS) is 18.3. The lowest BCUT2D eigenvalue weighted by atomic mass is 9.77. The minimum Gasteiger partial charge on any atom is -0.335 e. The van der Waals surface area contributed by atoms with Crippen LogP contribution in [0.3, 0.4) is 0 Å². The highest BCUT2D eigenvalue weighted by molar-refractivity contribution is 8.03. The number of aryl methyl sites for hydroxylation is 1. The largest absolute Gasteiger partial charge is 0.335 e. The van der Waals surface area contributed by atoms with Gasteiger partial charge >= 0.3 is 0 Å². The highest BCUT2D eigenvalue weighted by Gasteiger charge is 2.29. The molecule has 0 bridgehead atoms. The van der Waals surface area contributed by atoms with Gasteiger partial charge in [0, 0.05) is 63.1 Å². The summed E-state index contributed by atoms with van der Waals surface area (Å²) >= 11 is 3.77. The van der Waals surface area contributed by atoms with Gasteiger partial charge in [0.15, 0.2) is 6.54 Å². The van der Waals surface area contributed by atoms with Crippen molar-refractivity contribution in [1.82, 2.24) is 0 Å². The molecule has 2 aromatic carbocycles. The molecule has 2 heterocycles. The molecule has 2 aliphatic carbocycles. The maximum atomic E-state index is 12.6. The van der Waals surface area contributed by atoms with Gasteiger partial charge in [0.1, 0.15) is 4.70 Å². The Labute approximate surface area is 427 Å². The number of hydrogen-bond donors (Lipinski definition) is 0. The molecular formula is C60H87N2O2S4+. The van der Waals surface area contributed by atoms with Crippen molar-refractivity contribution < 1.29 is 13.0 Å². The number of unbranched alkanes of at least 4 members (excludes halogenated alkanes) is 20. The van der Waals surface area contributed by atoms with Gasteiger partial charge in [0.2, 0.25) is 5.52 Å². The fraction of sp³-hybridized carbons (Fsp3) is 0.583. The molecule has 8 heteroatoms. The zero-order valence-electron chi connectivity index (χ0n) is 42.7. The van der Waals surface area contributed by atoms with Crippen LogP contribution in [0.25, 0.3) is 16.3 Å². The lowest BCUT2D eigenvalue weighted by molar-refractivity contribution is -0.669. The molecule has 3 aromatic rings. The average molecular weight is 997 g/mol. The fourth-order valence-corrected chi connectivity index (χ4v) is 13.4. The van der Waals surface area contributed by atoms with Crippen LogP contribution >= 0.6 is 23.1 Å². The van der Waals surface area contributed by atoms with Gasteiger partial charge in [-0.05, 0) is 149 Å². The van der Waals surface area contributed by atoms with Crippen molar-refractivity contribution in [3.8, 4) is 0 Å². The molecule has 0 radical (unpaired) electrons. The van der Waals surface area contributed by atoms with E-state index in [0.717, 1.165) is 48.6 Å². The van der Waals surface area contributed by atoms with Crippen LogP contribution in [0, 0.1) is 5.92 Å². The van der Waals surface area contributed by atoms with Crippen LogP contribution < -0.4 is 9.47 Å². The summed E-state index contributed by atoms with van der Waals surface area (Å²) in [6.45, 7) is 6.56. The average Bonchev–Trinajstić information content (AvgIpc) is 3.86. The molecule has 68 heavy (non-hydrogen) atoms. The maximum Gasteiger partial charge on any atom is 0.263 e. The van der Waals surface area contributed by atoms with Gasteiger partial charge < -0.3 is 4.90 Å². The molecular weight excluding hydrogens is 909 g/mol. The lowest BCUT2D eigenvalue weighted by Crippen LogP contribution is -2.35. The number of thiazole rings is 1. The molecule has 1 aromatic heterocycles. The first kappa shape index (κ1) is 54.6. The summed E-state index contributed by atoms with van der Waals surface area (Å²) in [5.41, 5.74) is 6.79. The number of aromatic nitrogens is 1. The number of anilines is 1. The zero-order valence-corrected chi connectivity index (χ0v) is 46.0. The van der Waals surface area contributed by atoms with E-state index in [4.69, 9.17) is 0 Å². The molecule has 0 saturated heterocycles. The molecule has 0 N–H and O–H groups in total. The summed E-state index contributed by atoms with van der Waals surface area (Å²) in [6.07, 6.45) is 58.9. The monoisotopic (exact) mass is 996 g/mol. The van der Waals surface area contributed by atoms with Gasteiger partial charge in [-0.1, -0.05) is 157 Å². The van der Waals surface area contributed by atoms with Crippen LogP contribution in [-0.2, 0) is 28.1 Å². The fourth-order valence-electron chi connectivity index (χ4n) is 10.1. The second-order valence-electron chi connectivity index (χ2n) is 19.8. The van der Waals surface area contributed by atoms with Crippen molar-refractivity contribution >= 4 is 66.7 Å². The van der Waals surface area contributed by atoms with Gasteiger partial charge in [-0.2, -0.15) is 4.57 Å². The van der Waals surface area contributed by atoms with Crippen LogP contribution in [0.15, 0.2) is 115 Å². The van der Waals surface area contributed by atoms with E-state index in [2.05, 4.69) is 108 Å². The number of fused-ring (bicyclic) bond motifs is 3. The Morgan fingerprint density at radius 2 is 1.19 bits per heavy atom. The van der Waals surface area contributed by atoms with Crippen LogP contribution in [0.2, 0.25) is 0 Å². The van der Waals surface area contributed by atoms with Gasteiger partial charge in [-0.15, -0.1) is 0 Å². The summed E-state index contributed by atoms with van der Waals surface area (Å²) in [6, 6.07) is 12.8. The number of thioether (sulfide) groups is 1. The minimum absolute atomic E-state index is 0.620. The summed E-state index contributed by atoms with van der Waals surface area (Å²) < 4.78 is 29.0. The van der Waals surface area contributed by atoms with Crippen molar-refractivity contribution in [3.05, 3.63) is 106 Å². The Bertz CT molecular complexity index is 2260. The van der Waals surface area contributed by atoms with Gasteiger partial charge in [0.05, 0.1) is 21.5 Å². The third kappa shape index (κ3) is 17.8. The van der Waals surface area contributed by atoms with E-state index in [1.807, 2.05) is 23.1 Å². The van der Waals surface area contributed by atoms with E-state index in [1.165, 1.54) is 202 Å². The van der Waals surface area contributed by atoms with Crippen LogP contribution in [0.4, 0.5) is 5.69 Å². The first-order valence-electron chi connectivity index (χ1n) is 27.2. The lowest BCUT2D eigenvalue weighted by Gasteiger charge is -2.29. The van der Waals surface area contributed by atoms with Crippen molar-refractivity contribution in [2.75, 3.05) is 24.0 Å². The number of nitrogens with zero attached hydrogens (tertiary/aromatic N) is 2. The molecule has 0 amide bonds. The molecule has 6 rings (SSSR count). The number of allylic oxidation sites excluding steroid dienone is 10. The second-order valence-corrected chi connectivity index (χ2v) is 24.7. The number of benzene rings is 2. The molecule has 4 nitrogen and oxygen atoms in total. The highest BCUT2D eigenvalue weighted by Crippen LogP contribution is 2.48. The maximum absolute atomic E-state index is 12.6. The summed E-state index contributed by atoms with van der Waals surface area (Å²) in [5.74, 6) is 0.620. The quantitative estimate of drug-likeness (QED) is 0.0355. The van der Waals surface area contributed by atoms with Crippen LogP contribution in [0.1, 0.15) is 199 Å². The predicted octanol–water partition coefficient (Wildman–Crippen LogP) is 18.1.